The maximum Gasteiger partial charge on any atom is 0.252 e. The Morgan fingerprint density at radius 1 is 1.36 bits per heavy atom. The minimum absolute atomic E-state index is 0.637. The lowest BCUT2D eigenvalue weighted by atomic mass is 10.2. The van der Waals surface area contributed by atoms with Crippen molar-refractivity contribution in [1.29, 1.82) is 0 Å². The summed E-state index contributed by atoms with van der Waals surface area (Å²) >= 11 is 0. The van der Waals surface area contributed by atoms with Gasteiger partial charge in [-0.1, -0.05) is 27.2 Å². The Labute approximate surface area is 84.0 Å². The van der Waals surface area contributed by atoms with Crippen molar-refractivity contribution in [1.82, 2.24) is 19.6 Å². The van der Waals surface area contributed by atoms with E-state index in [1.807, 2.05) is 6.07 Å². The second kappa shape index (κ2) is 5.32. The van der Waals surface area contributed by atoms with E-state index in [0.29, 0.717) is 5.78 Å². The lowest BCUT2D eigenvalue weighted by molar-refractivity contribution is 0.626. The molecule has 2 aromatic heterocycles. The van der Waals surface area contributed by atoms with E-state index in [9.17, 15) is 0 Å². The Balaban J connectivity index is 0.000000171. The van der Waals surface area contributed by atoms with Crippen molar-refractivity contribution in [3.63, 3.8) is 0 Å². The average molecular weight is 192 g/mol. The number of fused-ring (bicyclic) bond motifs is 1. The molecule has 4 heteroatoms. The highest BCUT2D eigenvalue weighted by Crippen LogP contribution is 1.93. The van der Waals surface area contributed by atoms with Crippen LogP contribution >= 0.6 is 0 Å². The molecule has 2 aromatic rings. The highest BCUT2D eigenvalue weighted by Gasteiger charge is 1.88. The van der Waals surface area contributed by atoms with Crippen LogP contribution in [0.4, 0.5) is 0 Å². The lowest BCUT2D eigenvalue weighted by Gasteiger charge is -1.90. The molecule has 0 atom stereocenters. The zero-order chi connectivity index (χ0) is 10.4. The zero-order valence-corrected chi connectivity index (χ0v) is 8.88. The maximum atomic E-state index is 3.93. The Kier molecular flexibility index (Phi) is 4.04. The van der Waals surface area contributed by atoms with Crippen LogP contribution in [0.25, 0.3) is 5.78 Å². The van der Waals surface area contributed by atoms with E-state index in [0.717, 1.165) is 5.92 Å². The molecule has 0 aliphatic rings. The second-order valence-corrected chi connectivity index (χ2v) is 3.43. The fraction of sp³-hybridized carbons (Fsp3) is 0.500. The molecule has 0 radical (unpaired) electrons. The van der Waals surface area contributed by atoms with Gasteiger partial charge in [0, 0.05) is 12.4 Å². The molecule has 2 rings (SSSR count). The topological polar surface area (TPSA) is 43.1 Å². The third kappa shape index (κ3) is 3.12. The Morgan fingerprint density at radius 2 is 2.07 bits per heavy atom. The van der Waals surface area contributed by atoms with Crippen molar-refractivity contribution in [2.24, 2.45) is 5.92 Å². The first kappa shape index (κ1) is 10.6. The van der Waals surface area contributed by atoms with E-state index in [2.05, 4.69) is 35.8 Å². The summed E-state index contributed by atoms with van der Waals surface area (Å²) in [6.07, 6.45) is 6.27. The normalized spacial score (nSPS) is 10.0. The van der Waals surface area contributed by atoms with Crippen LogP contribution < -0.4 is 0 Å². The number of hydrogen-bond donors (Lipinski definition) is 0. The highest BCUT2D eigenvalue weighted by molar-refractivity contribution is 5.21. The molecule has 4 nitrogen and oxygen atoms in total. The summed E-state index contributed by atoms with van der Waals surface area (Å²) in [5, 5.41) is 3.86. The van der Waals surface area contributed by atoms with Crippen LogP contribution in [0.15, 0.2) is 24.8 Å². The molecule has 0 N–H and O–H groups in total. The highest BCUT2D eigenvalue weighted by atomic mass is 15.3. The van der Waals surface area contributed by atoms with Crippen LogP contribution in [0.3, 0.4) is 0 Å². The second-order valence-electron chi connectivity index (χ2n) is 3.43. The van der Waals surface area contributed by atoms with Crippen LogP contribution in [0, 0.1) is 5.92 Å². The molecule has 0 unspecified atom stereocenters. The molecule has 14 heavy (non-hydrogen) atoms. The SMILES string of the molecule is CCC(C)C.c1cnc2ncnn2c1. The molecule has 0 spiro atoms. The third-order valence-electron chi connectivity index (χ3n) is 1.87. The summed E-state index contributed by atoms with van der Waals surface area (Å²) in [5.41, 5.74) is 0. The molecular weight excluding hydrogens is 176 g/mol. The van der Waals surface area contributed by atoms with Gasteiger partial charge in [0.15, 0.2) is 0 Å². The van der Waals surface area contributed by atoms with E-state index in [1.54, 1.807) is 16.9 Å². The summed E-state index contributed by atoms with van der Waals surface area (Å²) in [7, 11) is 0. The van der Waals surface area contributed by atoms with E-state index >= 15 is 0 Å². The predicted octanol–water partition coefficient (Wildman–Crippen LogP) is 2.18. The summed E-state index contributed by atoms with van der Waals surface area (Å²) in [5.74, 6) is 1.52. The molecule has 0 fully saturated rings. The van der Waals surface area contributed by atoms with Gasteiger partial charge in [0.05, 0.1) is 0 Å². The van der Waals surface area contributed by atoms with Gasteiger partial charge in [-0.15, -0.1) is 0 Å². The Bertz CT molecular complexity index is 337. The minimum Gasteiger partial charge on any atom is -0.220 e. The van der Waals surface area contributed by atoms with Crippen LogP contribution in [0.5, 0.6) is 0 Å². The summed E-state index contributed by atoms with van der Waals surface area (Å²) in [6, 6.07) is 1.81. The first-order chi connectivity index (χ1) is 6.74. The van der Waals surface area contributed by atoms with E-state index < -0.39 is 0 Å². The first-order valence-electron chi connectivity index (χ1n) is 4.84. The number of rotatable bonds is 1. The van der Waals surface area contributed by atoms with Gasteiger partial charge >= 0.3 is 0 Å². The molecular formula is C10H16N4. The van der Waals surface area contributed by atoms with Crippen molar-refractivity contribution in [3.05, 3.63) is 24.8 Å². The van der Waals surface area contributed by atoms with Crippen LogP contribution in [0.1, 0.15) is 27.2 Å². The lowest BCUT2D eigenvalue weighted by Crippen LogP contribution is -1.86. The smallest absolute Gasteiger partial charge is 0.220 e. The van der Waals surface area contributed by atoms with Crippen molar-refractivity contribution < 1.29 is 0 Å². The van der Waals surface area contributed by atoms with Gasteiger partial charge < -0.3 is 0 Å². The molecule has 0 saturated heterocycles. The Morgan fingerprint density at radius 3 is 2.64 bits per heavy atom. The fourth-order valence-electron chi connectivity index (χ4n) is 0.671. The third-order valence-corrected chi connectivity index (χ3v) is 1.87. The molecule has 0 aliphatic carbocycles. The van der Waals surface area contributed by atoms with Crippen molar-refractivity contribution in [3.8, 4) is 0 Å². The van der Waals surface area contributed by atoms with Gasteiger partial charge in [-0.3, -0.25) is 0 Å². The van der Waals surface area contributed by atoms with E-state index in [4.69, 9.17) is 0 Å². The number of aromatic nitrogens is 4. The van der Waals surface area contributed by atoms with E-state index in [1.165, 1.54) is 12.7 Å². The molecule has 76 valence electrons. The standard InChI is InChI=1S/C5H4N4.C5H12/c1-2-6-5-7-4-8-9(5)3-1;1-4-5(2)3/h1-4H;5H,4H2,1-3H3. The van der Waals surface area contributed by atoms with Gasteiger partial charge in [-0.2, -0.15) is 10.1 Å². The van der Waals surface area contributed by atoms with E-state index in [-0.39, 0.29) is 0 Å². The molecule has 0 bridgehead atoms. The molecule has 0 amide bonds. The minimum atomic E-state index is 0.637. The summed E-state index contributed by atoms with van der Waals surface area (Å²) in [6.45, 7) is 6.64. The van der Waals surface area contributed by atoms with Gasteiger partial charge in [0.25, 0.3) is 5.78 Å². The zero-order valence-electron chi connectivity index (χ0n) is 8.88. The predicted molar refractivity (Wildman–Crippen MR) is 55.9 cm³/mol. The molecule has 0 saturated carbocycles. The number of hydrogen-bond acceptors (Lipinski definition) is 3. The summed E-state index contributed by atoms with van der Waals surface area (Å²) in [4.78, 5) is 7.79. The molecule has 2 heterocycles. The van der Waals surface area contributed by atoms with Gasteiger partial charge in [0.2, 0.25) is 0 Å². The van der Waals surface area contributed by atoms with Crippen molar-refractivity contribution in [2.45, 2.75) is 27.2 Å². The van der Waals surface area contributed by atoms with Crippen molar-refractivity contribution in [2.75, 3.05) is 0 Å². The summed E-state index contributed by atoms with van der Waals surface area (Å²) < 4.78 is 1.61. The average Bonchev–Trinajstić information content (AvgIpc) is 2.66. The first-order valence-corrected chi connectivity index (χ1v) is 4.84. The number of nitrogens with zero attached hydrogens (tertiary/aromatic N) is 4. The van der Waals surface area contributed by atoms with Crippen molar-refractivity contribution >= 4 is 5.78 Å². The fourth-order valence-corrected chi connectivity index (χ4v) is 0.671. The van der Waals surface area contributed by atoms with Crippen LogP contribution in [-0.2, 0) is 0 Å². The molecule has 0 aromatic carbocycles. The quantitative estimate of drug-likeness (QED) is 0.695. The van der Waals surface area contributed by atoms with Gasteiger partial charge in [-0.05, 0) is 12.0 Å². The Hall–Kier alpha value is -1.45. The monoisotopic (exact) mass is 192 g/mol. The van der Waals surface area contributed by atoms with Crippen LogP contribution in [0.2, 0.25) is 0 Å². The van der Waals surface area contributed by atoms with Gasteiger partial charge in [0.1, 0.15) is 6.33 Å². The largest absolute Gasteiger partial charge is 0.252 e. The van der Waals surface area contributed by atoms with Crippen LogP contribution in [-0.4, -0.2) is 19.6 Å². The van der Waals surface area contributed by atoms with Gasteiger partial charge in [-0.25, -0.2) is 9.50 Å². The molecule has 0 aliphatic heterocycles. The maximum absolute atomic E-state index is 3.93.